The third-order valence-electron chi connectivity index (χ3n) is 9.74. The average molecular weight is 632 g/mol. The van der Waals surface area contributed by atoms with E-state index < -0.39 is 28.7 Å². The summed E-state index contributed by atoms with van der Waals surface area (Å²) in [4.78, 5) is 49.3. The van der Waals surface area contributed by atoms with Crippen LogP contribution in [0.3, 0.4) is 0 Å². The van der Waals surface area contributed by atoms with Gasteiger partial charge in [-0.1, -0.05) is 56.3 Å². The number of ether oxygens (including phenoxy) is 1. The Morgan fingerprint density at radius 3 is 2.40 bits per heavy atom. The fourth-order valence-corrected chi connectivity index (χ4v) is 10.2. The maximum absolute atomic E-state index is 15.1. The van der Waals surface area contributed by atoms with Crippen LogP contribution >= 0.6 is 11.8 Å². The van der Waals surface area contributed by atoms with E-state index in [1.165, 1.54) is 0 Å². The predicted molar refractivity (Wildman–Crippen MR) is 179 cm³/mol. The summed E-state index contributed by atoms with van der Waals surface area (Å²) in [5.41, 5.74) is 1.62. The molecule has 7 atom stereocenters. The lowest BCUT2D eigenvalue weighted by Gasteiger charge is -2.42. The number of hydrogen-bond acceptors (Lipinski definition) is 6. The maximum Gasteiger partial charge on any atom is 0.251 e. The molecule has 240 valence electrons. The minimum Gasteiger partial charge on any atom is -0.497 e. The fraction of sp³-hybridized carbons (Fsp3) is 0.472. The van der Waals surface area contributed by atoms with Gasteiger partial charge in [-0.25, -0.2) is 0 Å². The van der Waals surface area contributed by atoms with Crippen LogP contribution in [0.25, 0.3) is 0 Å². The monoisotopic (exact) mass is 631 g/mol. The van der Waals surface area contributed by atoms with Gasteiger partial charge in [0.05, 0.1) is 36.3 Å². The first-order valence-electron chi connectivity index (χ1n) is 15.9. The highest BCUT2D eigenvalue weighted by Crippen LogP contribution is 2.69. The molecule has 3 unspecified atom stereocenters. The van der Waals surface area contributed by atoms with Crippen LogP contribution in [0, 0.1) is 17.8 Å². The molecule has 3 aliphatic heterocycles. The van der Waals surface area contributed by atoms with E-state index in [0.717, 1.165) is 18.4 Å². The number of carbonyl (C=O) groups is 3. The molecular weight excluding hydrogens is 586 g/mol. The third kappa shape index (κ3) is 5.69. The molecule has 5 rings (SSSR count). The number of rotatable bonds is 14. The Morgan fingerprint density at radius 1 is 1.11 bits per heavy atom. The number of methoxy groups -OCH3 is 1. The topological polar surface area (TPSA) is 90.4 Å². The highest BCUT2D eigenvalue weighted by atomic mass is 32.2. The van der Waals surface area contributed by atoms with Gasteiger partial charge in [-0.2, -0.15) is 0 Å². The number of amides is 3. The number of hydrogen-bond donors (Lipinski definition) is 1. The van der Waals surface area contributed by atoms with E-state index in [1.807, 2.05) is 49.4 Å². The van der Waals surface area contributed by atoms with Gasteiger partial charge in [0, 0.05) is 30.6 Å². The number of thioether (sulfide) groups is 1. The number of likely N-dealkylation sites (tertiary alicyclic amines) is 1. The van der Waals surface area contributed by atoms with Crippen molar-refractivity contribution in [2.75, 3.05) is 38.3 Å². The van der Waals surface area contributed by atoms with Gasteiger partial charge >= 0.3 is 0 Å². The standard InChI is InChI=1S/C36H45N3O5S/c1-6-18-37(19-7-2)33(41)30-29-21-24(4)36(45-29)31(30)34(42)39(27(23-40)22-25-12-10-9-11-13-25)32(36)35(43)38(20-8-3)26-14-16-28(44-5)17-15-26/h6,8-17,24,27,29-32,40H,1,3,7,18-23H2,2,4-5H3/t24?,27-,29+,30-,31+,32?,36?/m1/s1. The van der Waals surface area contributed by atoms with E-state index in [-0.39, 0.29) is 42.0 Å². The highest BCUT2D eigenvalue weighted by molar-refractivity contribution is 8.02. The number of fused-ring (bicyclic) bond motifs is 1. The Bertz CT molecular complexity index is 1400. The summed E-state index contributed by atoms with van der Waals surface area (Å²) in [7, 11) is 1.59. The van der Waals surface area contributed by atoms with Crippen molar-refractivity contribution in [3.05, 3.63) is 85.5 Å². The number of anilines is 1. The van der Waals surface area contributed by atoms with Gasteiger partial charge in [0.25, 0.3) is 5.91 Å². The molecule has 3 fully saturated rings. The quantitative estimate of drug-likeness (QED) is 0.307. The molecule has 3 aliphatic rings. The molecule has 8 nitrogen and oxygen atoms in total. The fourth-order valence-electron chi connectivity index (χ4n) is 7.84. The first kappa shape index (κ1) is 32.8. The minimum atomic E-state index is -0.875. The molecule has 1 N–H and O–H groups in total. The first-order chi connectivity index (χ1) is 21.8. The second-order valence-corrected chi connectivity index (χ2v) is 13.9. The van der Waals surface area contributed by atoms with Crippen LogP contribution in [0.4, 0.5) is 5.69 Å². The van der Waals surface area contributed by atoms with E-state index in [4.69, 9.17) is 4.74 Å². The Morgan fingerprint density at radius 2 is 1.80 bits per heavy atom. The molecule has 1 spiro atoms. The van der Waals surface area contributed by atoms with Crippen molar-refractivity contribution in [1.82, 2.24) is 9.80 Å². The van der Waals surface area contributed by atoms with Crippen LogP contribution in [0.5, 0.6) is 5.75 Å². The lowest BCUT2D eigenvalue weighted by molar-refractivity contribution is -0.145. The minimum absolute atomic E-state index is 0.000922. The molecule has 3 heterocycles. The molecule has 2 bridgehead atoms. The largest absolute Gasteiger partial charge is 0.497 e. The van der Waals surface area contributed by atoms with E-state index >= 15 is 4.79 Å². The van der Waals surface area contributed by atoms with E-state index in [0.29, 0.717) is 30.9 Å². The Balaban J connectivity index is 1.63. The summed E-state index contributed by atoms with van der Waals surface area (Å²) in [6, 6.07) is 15.5. The summed E-state index contributed by atoms with van der Waals surface area (Å²) in [6.45, 7) is 12.8. The predicted octanol–water partition coefficient (Wildman–Crippen LogP) is 4.58. The molecule has 2 aromatic carbocycles. The molecule has 2 aromatic rings. The molecule has 45 heavy (non-hydrogen) atoms. The number of carbonyl (C=O) groups excluding carboxylic acids is 3. The van der Waals surface area contributed by atoms with Crippen LogP contribution in [0.15, 0.2) is 79.9 Å². The number of aliphatic hydroxyl groups excluding tert-OH is 1. The molecule has 0 aliphatic carbocycles. The van der Waals surface area contributed by atoms with Crippen LogP contribution in [0.1, 0.15) is 32.3 Å². The molecule has 3 saturated heterocycles. The van der Waals surface area contributed by atoms with Crippen molar-refractivity contribution >= 4 is 35.2 Å². The van der Waals surface area contributed by atoms with Crippen LogP contribution in [-0.4, -0.2) is 88.1 Å². The lowest BCUT2D eigenvalue weighted by Crippen LogP contribution is -2.59. The van der Waals surface area contributed by atoms with Gasteiger partial charge in [0.1, 0.15) is 11.8 Å². The van der Waals surface area contributed by atoms with Gasteiger partial charge in [-0.05, 0) is 55.0 Å². The average Bonchev–Trinajstić information content (AvgIpc) is 3.65. The molecule has 0 aromatic heterocycles. The molecule has 0 saturated carbocycles. The van der Waals surface area contributed by atoms with Crippen LogP contribution in [-0.2, 0) is 20.8 Å². The smallest absolute Gasteiger partial charge is 0.251 e. The zero-order chi connectivity index (χ0) is 32.3. The number of aliphatic hydroxyl groups is 1. The Kier molecular flexibility index (Phi) is 10.1. The van der Waals surface area contributed by atoms with Crippen LogP contribution < -0.4 is 9.64 Å². The molecule has 9 heteroatoms. The van der Waals surface area contributed by atoms with Crippen molar-refractivity contribution in [2.24, 2.45) is 17.8 Å². The number of benzene rings is 2. The molecule has 0 radical (unpaired) electrons. The zero-order valence-electron chi connectivity index (χ0n) is 26.5. The SMILES string of the molecule is C=CCN(CCC)C(=O)[C@@H]1[C@@H]2CC(C)C3(S2)C(C(=O)N(CC=C)c2ccc(OC)cc2)N([C@@H](CO)Cc2ccccc2)C(=O)[C@H]13. The van der Waals surface area contributed by atoms with Crippen molar-refractivity contribution < 1.29 is 24.2 Å². The highest BCUT2D eigenvalue weighted by Gasteiger charge is 2.77. The third-order valence-corrected chi connectivity index (χ3v) is 11.8. The van der Waals surface area contributed by atoms with E-state index in [2.05, 4.69) is 20.1 Å². The maximum atomic E-state index is 15.1. The second kappa shape index (κ2) is 13.8. The lowest BCUT2D eigenvalue weighted by atomic mass is 9.65. The van der Waals surface area contributed by atoms with E-state index in [1.54, 1.807) is 57.9 Å². The molecule has 3 amide bonds. The van der Waals surface area contributed by atoms with Gasteiger partial charge in [0.15, 0.2) is 0 Å². The second-order valence-electron chi connectivity index (χ2n) is 12.3. The summed E-state index contributed by atoms with van der Waals surface area (Å²) in [5.74, 6) is -1.04. The number of nitrogens with zero attached hydrogens (tertiary/aromatic N) is 3. The van der Waals surface area contributed by atoms with E-state index in [9.17, 15) is 14.7 Å². The van der Waals surface area contributed by atoms with Gasteiger partial charge < -0.3 is 24.5 Å². The van der Waals surface area contributed by atoms with Gasteiger partial charge in [-0.3, -0.25) is 14.4 Å². The Labute approximate surface area is 271 Å². The van der Waals surface area contributed by atoms with Crippen molar-refractivity contribution in [3.63, 3.8) is 0 Å². The Hall–Kier alpha value is -3.56. The van der Waals surface area contributed by atoms with Gasteiger partial charge in [0.2, 0.25) is 11.8 Å². The summed E-state index contributed by atoms with van der Waals surface area (Å²) >= 11 is 1.65. The summed E-state index contributed by atoms with van der Waals surface area (Å²) in [6.07, 6.45) is 5.32. The first-order valence-corrected chi connectivity index (χ1v) is 16.8. The summed E-state index contributed by atoms with van der Waals surface area (Å²) < 4.78 is 4.53. The van der Waals surface area contributed by atoms with Crippen molar-refractivity contribution in [3.8, 4) is 5.75 Å². The van der Waals surface area contributed by atoms with Crippen molar-refractivity contribution in [1.29, 1.82) is 0 Å². The van der Waals surface area contributed by atoms with Crippen molar-refractivity contribution in [2.45, 2.75) is 55.2 Å². The van der Waals surface area contributed by atoms with Gasteiger partial charge in [-0.15, -0.1) is 24.9 Å². The normalized spacial score (nSPS) is 27.2. The summed E-state index contributed by atoms with van der Waals surface area (Å²) in [5, 5.41) is 10.8. The zero-order valence-corrected chi connectivity index (χ0v) is 27.3. The van der Waals surface area contributed by atoms with Crippen LogP contribution in [0.2, 0.25) is 0 Å². The molecular formula is C36H45N3O5S.